The van der Waals surface area contributed by atoms with Gasteiger partial charge in [0.2, 0.25) is 0 Å². The standard InChI is InChI=1S/C8H17ClO2S/c1-7(2)8(6-9)4-5-12(3,10)11/h7-8H,4-6H2,1-3H3. The van der Waals surface area contributed by atoms with E-state index in [4.69, 9.17) is 11.6 Å². The minimum Gasteiger partial charge on any atom is -0.229 e. The first-order valence-corrected chi connectivity index (χ1v) is 6.70. The van der Waals surface area contributed by atoms with Crippen LogP contribution in [0, 0.1) is 11.8 Å². The highest BCUT2D eigenvalue weighted by Gasteiger charge is 2.14. The van der Waals surface area contributed by atoms with Crippen LogP contribution >= 0.6 is 11.6 Å². The molecule has 4 heteroatoms. The van der Waals surface area contributed by atoms with Gasteiger partial charge in [-0.3, -0.25) is 0 Å². The maximum atomic E-state index is 10.8. The van der Waals surface area contributed by atoms with Gasteiger partial charge in [0.1, 0.15) is 9.84 Å². The van der Waals surface area contributed by atoms with E-state index in [-0.39, 0.29) is 5.75 Å². The van der Waals surface area contributed by atoms with Crippen molar-refractivity contribution in [2.45, 2.75) is 20.3 Å². The zero-order chi connectivity index (χ0) is 9.78. The molecular formula is C8H17ClO2S. The third-order valence-electron chi connectivity index (χ3n) is 2.00. The van der Waals surface area contributed by atoms with Gasteiger partial charge in [0.25, 0.3) is 0 Å². The predicted octanol–water partition coefficient (Wildman–Crippen LogP) is 1.93. The van der Waals surface area contributed by atoms with Gasteiger partial charge in [-0.15, -0.1) is 11.6 Å². The highest BCUT2D eigenvalue weighted by Crippen LogP contribution is 2.17. The Kier molecular flexibility index (Phi) is 5.18. The van der Waals surface area contributed by atoms with Crippen LogP contribution in [-0.2, 0) is 9.84 Å². The molecule has 0 saturated heterocycles. The minimum atomic E-state index is -2.82. The van der Waals surface area contributed by atoms with Crippen molar-refractivity contribution in [3.63, 3.8) is 0 Å². The maximum absolute atomic E-state index is 10.8. The molecule has 1 unspecified atom stereocenters. The Bertz CT molecular complexity index is 209. The highest BCUT2D eigenvalue weighted by atomic mass is 35.5. The lowest BCUT2D eigenvalue weighted by molar-refractivity contribution is 0.412. The van der Waals surface area contributed by atoms with Gasteiger partial charge in [0.15, 0.2) is 0 Å². The molecule has 0 aromatic rings. The molecule has 12 heavy (non-hydrogen) atoms. The summed E-state index contributed by atoms with van der Waals surface area (Å²) in [5.74, 6) is 1.58. The third kappa shape index (κ3) is 5.84. The molecule has 0 spiro atoms. The van der Waals surface area contributed by atoms with Crippen LogP contribution in [-0.4, -0.2) is 26.3 Å². The Balaban J connectivity index is 3.90. The van der Waals surface area contributed by atoms with Crippen molar-refractivity contribution < 1.29 is 8.42 Å². The van der Waals surface area contributed by atoms with Crippen molar-refractivity contribution in [3.05, 3.63) is 0 Å². The second kappa shape index (κ2) is 5.07. The van der Waals surface area contributed by atoms with E-state index in [1.807, 2.05) is 0 Å². The Morgan fingerprint density at radius 1 is 1.33 bits per heavy atom. The normalized spacial score (nSPS) is 15.1. The minimum absolute atomic E-state index is 0.253. The van der Waals surface area contributed by atoms with Gasteiger partial charge in [0, 0.05) is 12.1 Å². The first-order chi connectivity index (χ1) is 5.37. The second-order valence-electron chi connectivity index (χ2n) is 3.58. The molecule has 0 saturated carbocycles. The molecule has 0 aliphatic carbocycles. The fraction of sp³-hybridized carbons (Fsp3) is 1.00. The van der Waals surface area contributed by atoms with Crippen LogP contribution in [0.1, 0.15) is 20.3 Å². The van der Waals surface area contributed by atoms with Crippen LogP contribution in [0.25, 0.3) is 0 Å². The summed E-state index contributed by atoms with van der Waals surface area (Å²) in [5.41, 5.74) is 0. The zero-order valence-electron chi connectivity index (χ0n) is 7.88. The second-order valence-corrected chi connectivity index (χ2v) is 6.15. The third-order valence-corrected chi connectivity index (χ3v) is 3.37. The molecule has 0 aliphatic heterocycles. The first-order valence-electron chi connectivity index (χ1n) is 4.10. The maximum Gasteiger partial charge on any atom is 0.147 e. The Hall–Kier alpha value is 0.240. The van der Waals surface area contributed by atoms with Gasteiger partial charge in [-0.1, -0.05) is 13.8 Å². The summed E-state index contributed by atoms with van der Waals surface area (Å²) in [7, 11) is -2.82. The molecule has 0 rings (SSSR count). The molecule has 0 heterocycles. The molecule has 74 valence electrons. The number of hydrogen-bond acceptors (Lipinski definition) is 2. The summed E-state index contributed by atoms with van der Waals surface area (Å²) in [5, 5.41) is 0. The quantitative estimate of drug-likeness (QED) is 0.653. The van der Waals surface area contributed by atoms with E-state index in [0.717, 1.165) is 0 Å². The van der Waals surface area contributed by atoms with Crippen LogP contribution < -0.4 is 0 Å². The Morgan fingerprint density at radius 3 is 2.08 bits per heavy atom. The van der Waals surface area contributed by atoms with E-state index in [1.165, 1.54) is 6.26 Å². The molecule has 0 aliphatic rings. The average Bonchev–Trinajstić information content (AvgIpc) is 1.85. The molecule has 0 fully saturated rings. The summed E-state index contributed by atoms with van der Waals surface area (Å²) in [6.07, 6.45) is 1.94. The zero-order valence-corrected chi connectivity index (χ0v) is 9.45. The van der Waals surface area contributed by atoms with E-state index < -0.39 is 9.84 Å². The SMILES string of the molecule is CC(C)C(CCl)CCS(C)(=O)=O. The van der Waals surface area contributed by atoms with Crippen molar-refractivity contribution >= 4 is 21.4 Å². The molecule has 0 radical (unpaired) electrons. The Labute approximate surface area is 80.2 Å². The molecule has 0 N–H and O–H groups in total. The van der Waals surface area contributed by atoms with Crippen LogP contribution in [0.5, 0.6) is 0 Å². The lowest BCUT2D eigenvalue weighted by atomic mass is 9.95. The van der Waals surface area contributed by atoms with E-state index in [1.54, 1.807) is 0 Å². The van der Waals surface area contributed by atoms with Crippen molar-refractivity contribution in [1.29, 1.82) is 0 Å². The van der Waals surface area contributed by atoms with Gasteiger partial charge in [-0.05, 0) is 18.3 Å². The first kappa shape index (κ1) is 12.2. The summed E-state index contributed by atoms with van der Waals surface area (Å²) in [6.45, 7) is 4.13. The van der Waals surface area contributed by atoms with Gasteiger partial charge < -0.3 is 0 Å². The van der Waals surface area contributed by atoms with Crippen molar-refractivity contribution in [2.24, 2.45) is 11.8 Å². The van der Waals surface area contributed by atoms with E-state index >= 15 is 0 Å². The fourth-order valence-corrected chi connectivity index (χ4v) is 2.20. The summed E-state index contributed by atoms with van der Waals surface area (Å²) >= 11 is 5.70. The number of halogens is 1. The molecule has 0 amide bonds. The molecule has 2 nitrogen and oxygen atoms in total. The number of rotatable bonds is 5. The van der Waals surface area contributed by atoms with Gasteiger partial charge in [-0.25, -0.2) is 8.42 Å². The fourth-order valence-electron chi connectivity index (χ4n) is 0.954. The molecule has 0 bridgehead atoms. The summed E-state index contributed by atoms with van der Waals surface area (Å²) < 4.78 is 21.7. The monoisotopic (exact) mass is 212 g/mol. The number of hydrogen-bond donors (Lipinski definition) is 0. The van der Waals surface area contributed by atoms with Crippen LogP contribution in [0.4, 0.5) is 0 Å². The molecule has 1 atom stereocenters. The van der Waals surface area contributed by atoms with Crippen LogP contribution in [0.3, 0.4) is 0 Å². The van der Waals surface area contributed by atoms with E-state index in [9.17, 15) is 8.42 Å². The lowest BCUT2D eigenvalue weighted by Gasteiger charge is -2.16. The van der Waals surface area contributed by atoms with E-state index in [0.29, 0.717) is 24.1 Å². The lowest BCUT2D eigenvalue weighted by Crippen LogP contribution is -2.15. The molecule has 0 aromatic heterocycles. The summed E-state index contributed by atoms with van der Waals surface area (Å²) in [6, 6.07) is 0. The van der Waals surface area contributed by atoms with Gasteiger partial charge in [-0.2, -0.15) is 0 Å². The largest absolute Gasteiger partial charge is 0.229 e. The van der Waals surface area contributed by atoms with Gasteiger partial charge in [0.05, 0.1) is 5.75 Å². The van der Waals surface area contributed by atoms with Crippen molar-refractivity contribution in [1.82, 2.24) is 0 Å². The summed E-state index contributed by atoms with van der Waals surface area (Å²) in [4.78, 5) is 0. The Morgan fingerprint density at radius 2 is 1.83 bits per heavy atom. The van der Waals surface area contributed by atoms with Crippen molar-refractivity contribution in [3.8, 4) is 0 Å². The predicted molar refractivity (Wildman–Crippen MR) is 53.4 cm³/mol. The number of sulfone groups is 1. The highest BCUT2D eigenvalue weighted by molar-refractivity contribution is 7.90. The van der Waals surface area contributed by atoms with Crippen LogP contribution in [0.2, 0.25) is 0 Å². The number of alkyl halides is 1. The van der Waals surface area contributed by atoms with Crippen LogP contribution in [0.15, 0.2) is 0 Å². The average molecular weight is 213 g/mol. The molecule has 0 aromatic carbocycles. The van der Waals surface area contributed by atoms with Gasteiger partial charge >= 0.3 is 0 Å². The smallest absolute Gasteiger partial charge is 0.147 e. The van der Waals surface area contributed by atoms with Crippen molar-refractivity contribution in [2.75, 3.05) is 17.9 Å². The van der Waals surface area contributed by atoms with E-state index in [2.05, 4.69) is 13.8 Å². The topological polar surface area (TPSA) is 34.1 Å². The molecular weight excluding hydrogens is 196 g/mol.